The number of aromatic hydroxyl groups is 1. The van der Waals surface area contributed by atoms with E-state index in [0.29, 0.717) is 43.9 Å². The van der Waals surface area contributed by atoms with E-state index in [1.165, 1.54) is 6.07 Å². The number of phenolic OH excluding ortho intramolecular Hbond substituents is 1. The third kappa shape index (κ3) is 3.67. The standard InChI is InChI=1S/C22H16ClFN2O3/c23-17-11-20-16(19(25-26-20)7-8-22(28)29)10-15(17)14-6-5-12(9-18(14)24)13-3-1-2-4-21(13)27/h1-6,9-11,27H,7-8H2,(H,25,26)(H,28,29). The molecule has 146 valence electrons. The molecule has 1 heterocycles. The zero-order valence-corrected chi connectivity index (χ0v) is 15.9. The minimum absolute atomic E-state index is 0.0540. The highest BCUT2D eigenvalue weighted by atomic mass is 35.5. The van der Waals surface area contributed by atoms with Gasteiger partial charge in [-0.1, -0.05) is 41.9 Å². The number of para-hydroxylation sites is 1. The second kappa shape index (κ2) is 7.56. The molecule has 3 aromatic carbocycles. The average Bonchev–Trinajstić information content (AvgIpc) is 3.08. The number of carboxylic acids is 1. The first-order valence-corrected chi connectivity index (χ1v) is 9.28. The topological polar surface area (TPSA) is 86.2 Å². The van der Waals surface area contributed by atoms with E-state index in [1.54, 1.807) is 48.5 Å². The Bertz CT molecular complexity index is 1240. The molecule has 0 aliphatic heterocycles. The van der Waals surface area contributed by atoms with Gasteiger partial charge in [-0.2, -0.15) is 5.10 Å². The Morgan fingerprint density at radius 3 is 2.59 bits per heavy atom. The summed E-state index contributed by atoms with van der Waals surface area (Å²) in [7, 11) is 0. The van der Waals surface area contributed by atoms with Crippen LogP contribution in [0.5, 0.6) is 5.75 Å². The molecule has 0 spiro atoms. The first-order chi connectivity index (χ1) is 13.9. The fourth-order valence-electron chi connectivity index (χ4n) is 3.33. The van der Waals surface area contributed by atoms with E-state index in [1.807, 2.05) is 0 Å². The van der Waals surface area contributed by atoms with Crippen molar-refractivity contribution in [2.75, 3.05) is 0 Å². The smallest absolute Gasteiger partial charge is 0.303 e. The number of fused-ring (bicyclic) bond motifs is 1. The van der Waals surface area contributed by atoms with Gasteiger partial charge < -0.3 is 10.2 Å². The van der Waals surface area contributed by atoms with Gasteiger partial charge >= 0.3 is 5.97 Å². The van der Waals surface area contributed by atoms with E-state index < -0.39 is 11.8 Å². The highest BCUT2D eigenvalue weighted by Gasteiger charge is 2.16. The van der Waals surface area contributed by atoms with Crippen LogP contribution in [0.1, 0.15) is 12.1 Å². The Labute approximate surface area is 170 Å². The van der Waals surface area contributed by atoms with Crippen LogP contribution < -0.4 is 0 Å². The van der Waals surface area contributed by atoms with Crippen LogP contribution in [0.3, 0.4) is 0 Å². The molecule has 0 radical (unpaired) electrons. The lowest BCUT2D eigenvalue weighted by Gasteiger charge is -2.10. The molecule has 5 nitrogen and oxygen atoms in total. The Morgan fingerprint density at radius 2 is 1.86 bits per heavy atom. The van der Waals surface area contributed by atoms with E-state index >= 15 is 0 Å². The first-order valence-electron chi connectivity index (χ1n) is 8.90. The fraction of sp³-hybridized carbons (Fsp3) is 0.0909. The summed E-state index contributed by atoms with van der Waals surface area (Å²) in [6.45, 7) is 0. The van der Waals surface area contributed by atoms with Crippen LogP contribution in [0.15, 0.2) is 54.6 Å². The molecule has 0 bridgehead atoms. The van der Waals surface area contributed by atoms with Crippen molar-refractivity contribution in [3.8, 4) is 28.0 Å². The van der Waals surface area contributed by atoms with Gasteiger partial charge in [-0.15, -0.1) is 0 Å². The lowest BCUT2D eigenvalue weighted by atomic mass is 9.97. The van der Waals surface area contributed by atoms with Crippen LogP contribution in [0, 0.1) is 5.82 Å². The number of hydrogen-bond donors (Lipinski definition) is 3. The van der Waals surface area contributed by atoms with Gasteiger partial charge in [0.1, 0.15) is 11.6 Å². The lowest BCUT2D eigenvalue weighted by Crippen LogP contribution is -1.98. The maximum Gasteiger partial charge on any atom is 0.303 e. The van der Waals surface area contributed by atoms with Crippen LogP contribution in [-0.2, 0) is 11.2 Å². The Hall–Kier alpha value is -3.38. The Morgan fingerprint density at radius 1 is 1.07 bits per heavy atom. The zero-order valence-electron chi connectivity index (χ0n) is 15.1. The molecule has 3 N–H and O–H groups in total. The van der Waals surface area contributed by atoms with E-state index in [4.69, 9.17) is 16.7 Å². The highest BCUT2D eigenvalue weighted by molar-refractivity contribution is 6.34. The number of carbonyl (C=O) groups is 1. The predicted octanol–water partition coefficient (Wildman–Crippen LogP) is 5.41. The van der Waals surface area contributed by atoms with Crippen molar-refractivity contribution < 1.29 is 19.4 Å². The maximum absolute atomic E-state index is 15.0. The van der Waals surface area contributed by atoms with Crippen molar-refractivity contribution in [1.82, 2.24) is 10.2 Å². The number of H-pyrrole nitrogens is 1. The summed E-state index contributed by atoms with van der Waals surface area (Å²) in [5.74, 6) is -1.33. The third-order valence-electron chi connectivity index (χ3n) is 4.78. The number of rotatable bonds is 5. The molecule has 4 aromatic rings. The number of halogens is 2. The Kier molecular flexibility index (Phi) is 4.94. The Balaban J connectivity index is 1.78. The molecule has 29 heavy (non-hydrogen) atoms. The molecule has 0 unspecified atom stereocenters. The quantitative estimate of drug-likeness (QED) is 0.410. The average molecular weight is 411 g/mol. The van der Waals surface area contributed by atoms with Crippen LogP contribution in [0.25, 0.3) is 33.2 Å². The summed E-state index contributed by atoms with van der Waals surface area (Å²) < 4.78 is 15.0. The molecule has 1 aromatic heterocycles. The van der Waals surface area contributed by atoms with Gasteiger partial charge in [-0.05, 0) is 29.8 Å². The molecule has 4 rings (SSSR count). The summed E-state index contributed by atoms with van der Waals surface area (Å²) in [5, 5.41) is 27.0. The lowest BCUT2D eigenvalue weighted by molar-refractivity contribution is -0.136. The van der Waals surface area contributed by atoms with Crippen LogP contribution in [0.2, 0.25) is 5.02 Å². The van der Waals surface area contributed by atoms with Crippen molar-refractivity contribution in [3.05, 3.63) is 71.1 Å². The molecular weight excluding hydrogens is 395 g/mol. The summed E-state index contributed by atoms with van der Waals surface area (Å²) in [6.07, 6.45) is 0.201. The minimum Gasteiger partial charge on any atom is -0.507 e. The van der Waals surface area contributed by atoms with E-state index in [2.05, 4.69) is 10.2 Å². The molecule has 0 atom stereocenters. The molecule has 0 aliphatic carbocycles. The maximum atomic E-state index is 15.0. The second-order valence-electron chi connectivity index (χ2n) is 6.65. The van der Waals surface area contributed by atoms with Crippen LogP contribution in [0.4, 0.5) is 4.39 Å². The number of aliphatic carboxylic acids is 1. The number of phenols is 1. The number of nitrogens with one attached hydrogen (secondary N) is 1. The molecule has 0 aliphatic rings. The number of benzene rings is 3. The van der Waals surface area contributed by atoms with Gasteiger partial charge in [0.2, 0.25) is 0 Å². The number of aromatic nitrogens is 2. The van der Waals surface area contributed by atoms with Crippen LogP contribution >= 0.6 is 11.6 Å². The van der Waals surface area contributed by atoms with Crippen molar-refractivity contribution in [1.29, 1.82) is 0 Å². The summed E-state index contributed by atoms with van der Waals surface area (Å²) in [5.41, 5.74) is 3.12. The molecule has 7 heteroatoms. The summed E-state index contributed by atoms with van der Waals surface area (Å²) in [6, 6.07) is 14.8. The normalized spacial score (nSPS) is 11.1. The van der Waals surface area contributed by atoms with E-state index in [0.717, 1.165) is 0 Å². The highest BCUT2D eigenvalue weighted by Crippen LogP contribution is 2.37. The van der Waals surface area contributed by atoms with Gasteiger partial charge in [0, 0.05) is 28.5 Å². The first kappa shape index (κ1) is 19.0. The van der Waals surface area contributed by atoms with Crippen molar-refractivity contribution in [3.63, 3.8) is 0 Å². The number of carboxylic acid groups (broad SMARTS) is 1. The zero-order chi connectivity index (χ0) is 20.5. The monoisotopic (exact) mass is 410 g/mol. The largest absolute Gasteiger partial charge is 0.507 e. The van der Waals surface area contributed by atoms with Gasteiger partial charge in [0.05, 0.1) is 22.7 Å². The number of aromatic amines is 1. The molecule has 0 saturated carbocycles. The third-order valence-corrected chi connectivity index (χ3v) is 5.09. The fourth-order valence-corrected chi connectivity index (χ4v) is 3.60. The van der Waals surface area contributed by atoms with Crippen molar-refractivity contribution in [2.24, 2.45) is 0 Å². The number of aryl methyl sites for hydroxylation is 1. The van der Waals surface area contributed by atoms with Crippen molar-refractivity contribution >= 4 is 28.5 Å². The second-order valence-corrected chi connectivity index (χ2v) is 7.06. The summed E-state index contributed by atoms with van der Waals surface area (Å²) in [4.78, 5) is 10.9. The van der Waals surface area contributed by atoms with E-state index in [-0.39, 0.29) is 18.6 Å². The molecule has 0 amide bonds. The molecule has 0 fully saturated rings. The SMILES string of the molecule is O=C(O)CCc1n[nH]c2cc(Cl)c(-c3ccc(-c4ccccc4O)cc3F)cc12. The number of nitrogens with zero attached hydrogens (tertiary/aromatic N) is 1. The minimum atomic E-state index is -0.916. The molecular formula is C22H16ClFN2O3. The van der Waals surface area contributed by atoms with Gasteiger partial charge in [0.25, 0.3) is 0 Å². The van der Waals surface area contributed by atoms with Gasteiger partial charge in [-0.25, -0.2) is 4.39 Å². The van der Waals surface area contributed by atoms with E-state index in [9.17, 15) is 14.3 Å². The van der Waals surface area contributed by atoms with Crippen molar-refractivity contribution in [2.45, 2.75) is 12.8 Å². The predicted molar refractivity (Wildman–Crippen MR) is 110 cm³/mol. The van der Waals surface area contributed by atoms with Crippen LogP contribution in [-0.4, -0.2) is 26.4 Å². The summed E-state index contributed by atoms with van der Waals surface area (Å²) >= 11 is 6.38. The van der Waals surface area contributed by atoms with Gasteiger partial charge in [0.15, 0.2) is 0 Å². The van der Waals surface area contributed by atoms with Gasteiger partial charge in [-0.3, -0.25) is 9.89 Å². The number of hydrogen-bond acceptors (Lipinski definition) is 3. The molecule has 0 saturated heterocycles.